The van der Waals surface area contributed by atoms with Gasteiger partial charge in [0, 0.05) is 111 Å². The molecule has 6 aromatic carbocycles. The van der Waals surface area contributed by atoms with Crippen molar-refractivity contribution < 1.29 is 165 Å². The lowest BCUT2D eigenvalue weighted by Crippen LogP contribution is -2.41. The zero-order valence-corrected chi connectivity index (χ0v) is 83.1. The first-order valence-corrected chi connectivity index (χ1v) is 43.4. The Morgan fingerprint density at radius 1 is 0.463 bits per heavy atom. The largest absolute Gasteiger partial charge is 0.640 e. The molecule has 15 rings (SSSR count). The third-order valence-electron chi connectivity index (χ3n) is 20.4. The van der Waals surface area contributed by atoms with E-state index in [-0.39, 0.29) is 73.9 Å². The van der Waals surface area contributed by atoms with Crippen LogP contribution in [-0.2, 0) is 51.7 Å². The van der Waals surface area contributed by atoms with E-state index in [4.69, 9.17) is 114 Å². The first-order chi connectivity index (χ1) is 62.3. The maximum atomic E-state index is 14.9. The maximum Gasteiger partial charge on any atom is 0.640 e. The van der Waals surface area contributed by atoms with Gasteiger partial charge < -0.3 is 119 Å². The SMILES string of the molecule is C1CCOC1.C=CC.C=Cc1ccc(OC)c2c1OC(C)(C)OC2=O.CC(C)OB1OC(C)(C)C(C)(C)O1.COc1ccc(Br)c2c1C(=O)OC(C)(C)O2.COc1ccc(C=C(F)B2OC(C)(C)C(C)(C)O2)c2c1C(=O)OC(C)(C)O2.COc1ccc(C=C(F)Br)c2c1C(=O)OC(C)(C)O2.COc1ccc(C=O)c2c1C(=O)OC(C)(C)O2.COc1ccc2c(c1C(=O)O)OB(O)C(F)=C2. The second kappa shape index (κ2) is 45.0. The van der Waals surface area contributed by atoms with Crippen LogP contribution < -0.4 is 56.8 Å². The molecule has 2 N–H and O–H groups in total. The summed E-state index contributed by atoms with van der Waals surface area (Å²) in [6, 6.07) is 19.2. The van der Waals surface area contributed by atoms with Gasteiger partial charge in [0.25, 0.3) is 0 Å². The molecule has 726 valence electrons. The number of ether oxygens (including phenoxy) is 17. The van der Waals surface area contributed by atoms with Crippen LogP contribution in [0.5, 0.6) is 69.0 Å². The highest BCUT2D eigenvalue weighted by molar-refractivity contribution is 9.11. The number of allylic oxidation sites excluding steroid dienone is 1. The summed E-state index contributed by atoms with van der Waals surface area (Å²) < 4.78 is 163. The van der Waals surface area contributed by atoms with E-state index in [2.05, 4.69) is 45.0 Å². The van der Waals surface area contributed by atoms with Crippen molar-refractivity contribution in [3.05, 3.63) is 174 Å². The average molecular weight is 2010 g/mol. The molecule has 6 aromatic rings. The van der Waals surface area contributed by atoms with E-state index in [0.717, 1.165) is 24.9 Å². The number of halogens is 5. The van der Waals surface area contributed by atoms with Crippen LogP contribution in [0, 0.1) is 0 Å². The summed E-state index contributed by atoms with van der Waals surface area (Å²) in [5.74, 6) is -5.83. The quantitative estimate of drug-likeness (QED) is 0.0336. The van der Waals surface area contributed by atoms with Crippen LogP contribution >= 0.6 is 31.9 Å². The molecule has 40 heteroatoms. The summed E-state index contributed by atoms with van der Waals surface area (Å²) in [5, 5.41) is 18.2. The van der Waals surface area contributed by atoms with E-state index in [1.54, 1.807) is 136 Å². The van der Waals surface area contributed by atoms with Crippen molar-refractivity contribution in [2.24, 2.45) is 0 Å². The summed E-state index contributed by atoms with van der Waals surface area (Å²) in [4.78, 5) is 82.0. The van der Waals surface area contributed by atoms with Gasteiger partial charge in [0.05, 0.1) is 75.1 Å². The van der Waals surface area contributed by atoms with Gasteiger partial charge in [-0.1, -0.05) is 18.7 Å². The number of methoxy groups -OCH3 is 6. The lowest BCUT2D eigenvalue weighted by Gasteiger charge is -2.33. The van der Waals surface area contributed by atoms with Gasteiger partial charge in [0.15, 0.2) is 22.5 Å². The standard InChI is InChI=1S/C19H24BFO6.C13H12BrFO4.C13H14O4.C12H12O5.C11H11BrO4.C10H8BFO5.C9H19BO3.C4H8O.C3H6/c1-17(2)18(3,4)27-20(26-17)13(21)10-11-8-9-12(23-7)14-15(11)24-19(5,6)25-16(14)22;1-13(2)18-11-7(6-9(14)15)4-5-8(17-3)10(11)12(16)19-13;1-5-8-6-7-9(15-4)10-11(8)16-13(2,3)17-12(10)14;1-12(2)16-10-7(6-13)4-5-8(15-3)9(10)11(14)17-12;1-11(2)15-9-6(12)4-5-7(14-3)8(9)10(13)16-11;1-16-6-3-2-5-4-7(12)11(15)17-9(5)8(6)10(13)14;1-7(2)11-10-12-8(3,4)9(5,6)13-10;1-2-4-5-3-1;1-3-2/h8-10H,1-7H3;4-6H,1-3H3;5-7H,1H2,2-4H3;4-6H,1-3H3;4-5H,1-3H3;2-4,15H,1H3,(H,13,14);7H,1-6H3;1-4H2;3H,1H2,2H3. The number of carboxylic acid groups (broad SMARTS) is 1. The number of carbonyl (C=O) groups excluding carboxylic acids is 6. The van der Waals surface area contributed by atoms with E-state index in [1.807, 2.05) is 76.2 Å². The lowest BCUT2D eigenvalue weighted by molar-refractivity contribution is -0.129. The number of hydrogen-bond acceptors (Lipinski definition) is 31. The molecule has 0 bridgehead atoms. The van der Waals surface area contributed by atoms with Crippen molar-refractivity contribution in [2.45, 2.75) is 216 Å². The Morgan fingerprint density at radius 3 is 1.10 bits per heavy atom. The van der Waals surface area contributed by atoms with Crippen LogP contribution in [0.4, 0.5) is 13.2 Å². The fraction of sp³-hybridized carbons (Fsp3) is 0.436. The number of benzene rings is 6. The monoisotopic (exact) mass is 2000 g/mol. The van der Waals surface area contributed by atoms with Gasteiger partial charge in [-0.15, -0.1) is 6.58 Å². The summed E-state index contributed by atoms with van der Waals surface area (Å²) in [5.41, 5.74) is -0.546. The van der Waals surface area contributed by atoms with Crippen molar-refractivity contribution in [2.75, 3.05) is 55.9 Å². The van der Waals surface area contributed by atoms with Crippen molar-refractivity contribution in [1.82, 2.24) is 0 Å². The minimum absolute atomic E-state index is 0.0826. The minimum Gasteiger partial charge on any atom is -0.530 e. The Bertz CT molecular complexity index is 5310. The molecule has 0 radical (unpaired) electrons. The third kappa shape index (κ3) is 27.3. The van der Waals surface area contributed by atoms with Gasteiger partial charge in [0.2, 0.25) is 28.9 Å². The average Bonchev–Trinajstić information content (AvgIpc) is 1.05. The fourth-order valence-electron chi connectivity index (χ4n) is 12.9. The van der Waals surface area contributed by atoms with E-state index < -0.39 is 114 Å². The number of aromatic carboxylic acids is 1. The highest BCUT2D eigenvalue weighted by Crippen LogP contribution is 2.49. The predicted molar refractivity (Wildman–Crippen MR) is 498 cm³/mol. The fourth-order valence-corrected chi connectivity index (χ4v) is 13.5. The highest BCUT2D eigenvalue weighted by atomic mass is 79.9. The number of aldehydes is 1. The van der Waals surface area contributed by atoms with Gasteiger partial charge >= 0.3 is 57.4 Å². The molecule has 9 aliphatic heterocycles. The van der Waals surface area contributed by atoms with Crippen LogP contribution in [-0.4, -0.2) is 187 Å². The zero-order chi connectivity index (χ0) is 101. The molecule has 0 aliphatic carbocycles. The molecule has 3 saturated heterocycles. The first-order valence-electron chi connectivity index (χ1n) is 41.8. The number of hydrogen-bond donors (Lipinski definition) is 2. The number of carbonyl (C=O) groups is 7. The molecule has 0 unspecified atom stereocenters. The van der Waals surface area contributed by atoms with Gasteiger partial charge in [-0.3, -0.25) is 4.79 Å². The topological polar surface area (TPSA) is 372 Å². The molecule has 32 nitrogen and oxygen atoms in total. The van der Waals surface area contributed by atoms with Gasteiger partial charge in [-0.2, -0.15) is 4.39 Å². The normalized spacial score (nSPS) is 18.5. The van der Waals surface area contributed by atoms with E-state index in [9.17, 15) is 51.8 Å². The molecule has 9 heterocycles. The van der Waals surface area contributed by atoms with Gasteiger partial charge in [0.1, 0.15) is 102 Å². The third-order valence-corrected chi connectivity index (χ3v) is 21.2. The van der Waals surface area contributed by atoms with Crippen LogP contribution in [0.2, 0.25) is 0 Å². The molecule has 134 heavy (non-hydrogen) atoms. The number of carboxylic acids is 1. The molecule has 0 atom stereocenters. The smallest absolute Gasteiger partial charge is 0.530 e. The van der Waals surface area contributed by atoms with Crippen molar-refractivity contribution in [1.29, 1.82) is 0 Å². The summed E-state index contributed by atoms with van der Waals surface area (Å²) in [6.45, 7) is 46.6. The second-order valence-electron chi connectivity index (χ2n) is 34.4. The Morgan fingerprint density at radius 2 is 0.776 bits per heavy atom. The van der Waals surface area contributed by atoms with E-state index in [0.29, 0.717) is 78.8 Å². The summed E-state index contributed by atoms with van der Waals surface area (Å²) >= 11 is 6.05. The predicted octanol–water partition coefficient (Wildman–Crippen LogP) is 19.8. The maximum absolute atomic E-state index is 14.9. The summed E-state index contributed by atoms with van der Waals surface area (Å²) in [7, 11) is 5.15. The van der Waals surface area contributed by atoms with Crippen LogP contribution in [0.1, 0.15) is 253 Å². The molecular weight excluding hydrogens is 1890 g/mol. The zero-order valence-electron chi connectivity index (χ0n) is 80.0. The van der Waals surface area contributed by atoms with E-state index in [1.165, 1.54) is 85.9 Å². The van der Waals surface area contributed by atoms with Crippen LogP contribution in [0.25, 0.3) is 24.3 Å². The Kier molecular flexibility index (Phi) is 36.8. The molecule has 0 amide bonds. The summed E-state index contributed by atoms with van der Waals surface area (Å²) in [6.07, 6.45) is 10.2. The van der Waals surface area contributed by atoms with Gasteiger partial charge in [-0.25, -0.2) is 37.5 Å². The molecule has 0 saturated carbocycles. The first kappa shape index (κ1) is 110. The van der Waals surface area contributed by atoms with Crippen LogP contribution in [0.3, 0.4) is 0 Å². The van der Waals surface area contributed by atoms with Crippen molar-refractivity contribution >= 4 is 120 Å². The Labute approximate surface area is 795 Å². The molecular formula is C94H114B3Br2F3O32. The van der Waals surface area contributed by atoms with Crippen molar-refractivity contribution in [3.8, 4) is 69.0 Å². The number of rotatable bonds is 14. The van der Waals surface area contributed by atoms with Crippen LogP contribution in [0.15, 0.2) is 113 Å². The highest BCUT2D eigenvalue weighted by Gasteiger charge is 2.55. The van der Waals surface area contributed by atoms with Gasteiger partial charge in [-0.05, 0) is 212 Å². The Hall–Kier alpha value is -11.2. The molecule has 9 aliphatic rings. The number of esters is 5. The molecule has 0 aromatic heterocycles. The number of fused-ring (bicyclic) bond motifs is 6. The second-order valence-corrected chi connectivity index (χ2v) is 36.0. The van der Waals surface area contributed by atoms with Crippen molar-refractivity contribution in [3.63, 3.8) is 0 Å². The minimum atomic E-state index is -1.78. The lowest BCUT2D eigenvalue weighted by atomic mass is 9.83. The number of cyclic esters (lactones) is 5. The van der Waals surface area contributed by atoms with E-state index >= 15 is 0 Å². The molecule has 0 spiro atoms. The Balaban J connectivity index is 0.000000212. The molecule has 3 fully saturated rings.